The molecule has 4 rings (SSSR count). The summed E-state index contributed by atoms with van der Waals surface area (Å²) in [5, 5.41) is 19.2. The number of nitrogens with one attached hydrogen (secondary N) is 1. The molecule has 190 valence electrons. The number of nitrogen functional groups attached to an aromatic ring is 2. The second kappa shape index (κ2) is 10.5. The summed E-state index contributed by atoms with van der Waals surface area (Å²) in [7, 11) is 0. The Morgan fingerprint density at radius 3 is 2.56 bits per heavy atom. The van der Waals surface area contributed by atoms with Crippen LogP contribution in [-0.2, 0) is 35.4 Å². The minimum absolute atomic E-state index is 0.0589. The molecule has 0 aromatic carbocycles. The van der Waals surface area contributed by atoms with Gasteiger partial charge in [0, 0.05) is 29.0 Å². The number of hydrogen-bond acceptors (Lipinski definition) is 14. The highest BCUT2D eigenvalue weighted by atomic mass is 32.2. The fourth-order valence-electron chi connectivity index (χ4n) is 3.35. The molecule has 0 saturated carbocycles. The molecule has 2 aromatic rings. The number of carbonyl (C=O) groups excluding carboxylic acids is 3. The number of carbonyl (C=O) groups is 4. The third kappa shape index (κ3) is 5.26. The number of rotatable bonds is 9. The van der Waals surface area contributed by atoms with Gasteiger partial charge in [0.15, 0.2) is 22.6 Å². The van der Waals surface area contributed by atoms with Gasteiger partial charge in [0.25, 0.3) is 11.8 Å². The number of hydrogen-bond donors (Lipinski definition) is 4. The quantitative estimate of drug-likeness (QED) is 0.140. The van der Waals surface area contributed by atoms with Crippen LogP contribution in [0.1, 0.15) is 18.3 Å². The second-order valence-corrected chi connectivity index (χ2v) is 10.2. The number of carboxylic acids is 1. The topological polar surface area (TPSA) is 212 Å². The van der Waals surface area contributed by atoms with Crippen LogP contribution in [0.4, 0.5) is 10.3 Å². The van der Waals surface area contributed by atoms with E-state index in [4.69, 9.17) is 21.0 Å². The molecule has 0 radical (unpaired) electrons. The van der Waals surface area contributed by atoms with Crippen molar-refractivity contribution in [3.63, 3.8) is 0 Å². The van der Waals surface area contributed by atoms with Crippen LogP contribution in [0, 0.1) is 0 Å². The molecule has 0 bridgehead atoms. The van der Waals surface area contributed by atoms with Crippen molar-refractivity contribution in [3.8, 4) is 0 Å². The van der Waals surface area contributed by atoms with E-state index < -0.39 is 35.2 Å². The second-order valence-electron chi connectivity index (χ2n) is 7.36. The Bertz CT molecular complexity index is 1290. The van der Waals surface area contributed by atoms with Gasteiger partial charge in [-0.05, 0) is 0 Å². The number of aromatic nitrogens is 2. The monoisotopic (exact) mass is 553 g/mol. The van der Waals surface area contributed by atoms with Gasteiger partial charge >= 0.3 is 11.9 Å². The predicted octanol–water partition coefficient (Wildman–Crippen LogP) is -0.0134. The zero-order valence-corrected chi connectivity index (χ0v) is 20.9. The number of carboxylic acid groups (broad SMARTS) is 1. The molecule has 2 atom stereocenters. The fourth-order valence-corrected chi connectivity index (χ4v) is 5.77. The van der Waals surface area contributed by atoms with Crippen molar-refractivity contribution in [2.24, 2.45) is 5.16 Å². The molecule has 1 saturated heterocycles. The van der Waals surface area contributed by atoms with Crippen molar-refractivity contribution in [3.05, 3.63) is 33.4 Å². The van der Waals surface area contributed by atoms with Gasteiger partial charge in [0.1, 0.15) is 29.4 Å². The maximum atomic E-state index is 13.1. The summed E-state index contributed by atoms with van der Waals surface area (Å²) < 4.78 is 4.91. The van der Waals surface area contributed by atoms with Crippen LogP contribution in [0.5, 0.6) is 0 Å². The van der Waals surface area contributed by atoms with E-state index in [1.54, 1.807) is 5.38 Å². The van der Waals surface area contributed by atoms with Crippen LogP contribution in [-0.4, -0.2) is 73.2 Å². The highest BCUT2D eigenvalue weighted by Crippen LogP contribution is 2.40. The van der Waals surface area contributed by atoms with Gasteiger partial charge < -0.3 is 31.5 Å². The van der Waals surface area contributed by atoms with Crippen molar-refractivity contribution in [2.75, 3.05) is 23.8 Å². The number of oxime groups is 1. The molecule has 6 N–H and O–H groups in total. The Balaban J connectivity index is 1.49. The summed E-state index contributed by atoms with van der Waals surface area (Å²) >= 11 is 3.54. The Morgan fingerprint density at radius 1 is 1.22 bits per heavy atom. The average Bonchev–Trinajstić information content (AvgIpc) is 3.45. The van der Waals surface area contributed by atoms with Gasteiger partial charge in [-0.25, -0.2) is 14.8 Å². The Kier molecular flexibility index (Phi) is 7.41. The molecule has 4 heterocycles. The van der Waals surface area contributed by atoms with E-state index in [0.29, 0.717) is 10.8 Å². The predicted molar refractivity (Wildman–Crippen MR) is 131 cm³/mol. The van der Waals surface area contributed by atoms with Crippen LogP contribution in [0.2, 0.25) is 0 Å². The summed E-state index contributed by atoms with van der Waals surface area (Å²) in [6.07, 6.45) is 0. The van der Waals surface area contributed by atoms with Crippen molar-refractivity contribution in [1.29, 1.82) is 0 Å². The van der Waals surface area contributed by atoms with Crippen LogP contribution in [0.15, 0.2) is 27.2 Å². The first-order valence-electron chi connectivity index (χ1n) is 10.1. The fraction of sp³-hybridized carbons (Fsp3) is 0.316. The van der Waals surface area contributed by atoms with E-state index in [1.165, 1.54) is 35.4 Å². The van der Waals surface area contributed by atoms with Crippen molar-refractivity contribution < 1.29 is 33.9 Å². The molecule has 36 heavy (non-hydrogen) atoms. The maximum Gasteiger partial charge on any atom is 0.352 e. The Morgan fingerprint density at radius 2 is 1.94 bits per heavy atom. The zero-order chi connectivity index (χ0) is 26.0. The number of nitrogens with two attached hydrogens (primary N) is 2. The van der Waals surface area contributed by atoms with Gasteiger partial charge in [0.05, 0.1) is 5.69 Å². The average molecular weight is 554 g/mol. The number of β-lactam (4-membered cyclic amide) rings is 1. The van der Waals surface area contributed by atoms with Gasteiger partial charge in [-0.1, -0.05) is 5.16 Å². The number of amides is 2. The maximum absolute atomic E-state index is 13.1. The van der Waals surface area contributed by atoms with Crippen LogP contribution in [0.3, 0.4) is 0 Å². The number of aliphatic carboxylic acids is 1. The lowest BCUT2D eigenvalue weighted by molar-refractivity contribution is -0.150. The lowest BCUT2D eigenvalue weighted by Crippen LogP contribution is -2.71. The van der Waals surface area contributed by atoms with Crippen LogP contribution in [0.25, 0.3) is 0 Å². The zero-order valence-electron chi connectivity index (χ0n) is 18.5. The summed E-state index contributed by atoms with van der Waals surface area (Å²) in [6, 6.07) is -1.02. The summed E-state index contributed by atoms with van der Waals surface area (Å²) in [4.78, 5) is 63.4. The van der Waals surface area contributed by atoms with Gasteiger partial charge in [-0.2, -0.15) is 0 Å². The van der Waals surface area contributed by atoms with Crippen LogP contribution < -0.4 is 16.8 Å². The molecular weight excluding hydrogens is 534 g/mol. The standard InChI is InChI=1S/C19H19N7O7S3/c1-7(27)32-2-8-4-34-16-12(15(29)26(16)13(8)17(30)31)24-14(28)11(10-6-36-19(21)23-10)25-33-3-9-5-35-18(20)22-9/h5-6,12,16H,2-4H2,1H3,(H2,20,22)(H2,21,23)(H,24,28)(H,30,31)/t12?,16-/m0/s1. The number of anilines is 2. The number of nitrogens with zero attached hydrogens (tertiary/aromatic N) is 4. The minimum Gasteiger partial charge on any atom is -0.477 e. The van der Waals surface area contributed by atoms with E-state index in [0.717, 1.165) is 16.2 Å². The molecule has 17 heteroatoms. The highest BCUT2D eigenvalue weighted by Gasteiger charge is 2.54. The summed E-state index contributed by atoms with van der Waals surface area (Å²) in [5.74, 6) is -3.11. The van der Waals surface area contributed by atoms with Crippen molar-refractivity contribution in [1.82, 2.24) is 20.2 Å². The number of esters is 1. The summed E-state index contributed by atoms with van der Waals surface area (Å²) in [5.41, 5.74) is 11.7. The third-order valence-electron chi connectivity index (χ3n) is 4.90. The van der Waals surface area contributed by atoms with E-state index >= 15 is 0 Å². The number of ether oxygens (including phenoxy) is 1. The lowest BCUT2D eigenvalue weighted by Gasteiger charge is -2.49. The van der Waals surface area contributed by atoms with Gasteiger partial charge in [-0.15, -0.1) is 34.4 Å². The van der Waals surface area contributed by atoms with Crippen molar-refractivity contribution in [2.45, 2.75) is 24.9 Å². The molecule has 2 aliphatic heterocycles. The molecular formula is C19H19N7O7S3. The van der Waals surface area contributed by atoms with Crippen molar-refractivity contribution >= 4 is 74.2 Å². The molecule has 2 aliphatic rings. The first-order chi connectivity index (χ1) is 17.2. The highest BCUT2D eigenvalue weighted by molar-refractivity contribution is 8.00. The summed E-state index contributed by atoms with van der Waals surface area (Å²) in [6.45, 7) is 0.892. The SMILES string of the molecule is CC(=O)OCC1=C(C(=O)O)N2C(=O)C(NC(=O)C(=NOCc3csc(N)n3)c3csc(N)n3)[C@@H]2SC1. The number of fused-ring (bicyclic) bond motifs is 1. The largest absolute Gasteiger partial charge is 0.477 e. The molecule has 0 spiro atoms. The number of thiazole rings is 2. The normalized spacial score (nSPS) is 19.4. The van der Waals surface area contributed by atoms with Crippen LogP contribution >= 0.6 is 34.4 Å². The van der Waals surface area contributed by atoms with E-state index in [2.05, 4.69) is 20.4 Å². The Hall–Kier alpha value is -3.70. The molecule has 0 aliphatic carbocycles. The van der Waals surface area contributed by atoms with E-state index in [-0.39, 0.29) is 46.8 Å². The molecule has 2 aromatic heterocycles. The number of thioether (sulfide) groups is 1. The lowest BCUT2D eigenvalue weighted by atomic mass is 10.0. The first-order valence-corrected chi connectivity index (χ1v) is 12.9. The van der Waals surface area contributed by atoms with Gasteiger partial charge in [0.2, 0.25) is 0 Å². The third-order valence-corrected chi connectivity index (χ3v) is 7.64. The Labute approximate surface area is 215 Å². The van der Waals surface area contributed by atoms with Gasteiger partial charge in [-0.3, -0.25) is 19.3 Å². The minimum atomic E-state index is -1.34. The van der Waals surface area contributed by atoms with E-state index in [9.17, 15) is 24.3 Å². The van der Waals surface area contributed by atoms with E-state index in [1.807, 2.05) is 0 Å². The smallest absolute Gasteiger partial charge is 0.352 e. The molecule has 1 unspecified atom stereocenters. The first kappa shape index (κ1) is 25.4. The molecule has 1 fully saturated rings. The molecule has 14 nitrogen and oxygen atoms in total. The molecule has 2 amide bonds.